The van der Waals surface area contributed by atoms with Gasteiger partial charge in [0.15, 0.2) is 5.82 Å². The van der Waals surface area contributed by atoms with Gasteiger partial charge in [0, 0.05) is 23.8 Å². The van der Waals surface area contributed by atoms with Crippen molar-refractivity contribution in [3.63, 3.8) is 0 Å². The van der Waals surface area contributed by atoms with Crippen LogP contribution in [-0.2, 0) is 4.79 Å². The molecule has 2 heterocycles. The summed E-state index contributed by atoms with van der Waals surface area (Å²) in [6.07, 6.45) is 7.27. The minimum absolute atomic E-state index is 0.0640. The number of pyridine rings is 1. The summed E-state index contributed by atoms with van der Waals surface area (Å²) in [6, 6.07) is 11.3. The van der Waals surface area contributed by atoms with Crippen LogP contribution >= 0.6 is 11.8 Å². The third-order valence-corrected chi connectivity index (χ3v) is 6.39. The van der Waals surface area contributed by atoms with Gasteiger partial charge in [-0.3, -0.25) is 14.6 Å². The lowest BCUT2D eigenvalue weighted by atomic mass is 9.90. The highest BCUT2D eigenvalue weighted by molar-refractivity contribution is 8.03. The number of imidazole rings is 1. The largest absolute Gasteiger partial charge is 0.366 e. The second-order valence-electron chi connectivity index (χ2n) is 7.71. The maximum atomic E-state index is 12.3. The smallest absolute Gasteiger partial charge is 0.257 e. The van der Waals surface area contributed by atoms with E-state index in [-0.39, 0.29) is 18.0 Å². The number of aromatic nitrogens is 3. The number of hydrogen-bond donors (Lipinski definition) is 2. The van der Waals surface area contributed by atoms with Crippen LogP contribution < -0.4 is 11.1 Å². The summed E-state index contributed by atoms with van der Waals surface area (Å²) in [6.45, 7) is 3.81. The van der Waals surface area contributed by atoms with Gasteiger partial charge in [0.2, 0.25) is 5.91 Å². The normalized spacial score (nSPS) is 18.6. The van der Waals surface area contributed by atoms with Gasteiger partial charge in [-0.1, -0.05) is 12.6 Å². The molecule has 2 amide bonds. The number of primary amides is 1. The number of nitrogens with one attached hydrogen (secondary N) is 1. The van der Waals surface area contributed by atoms with Crippen molar-refractivity contribution in [2.24, 2.45) is 5.73 Å². The minimum atomic E-state index is -0.481. The first-order chi connectivity index (χ1) is 15.0. The van der Waals surface area contributed by atoms with Gasteiger partial charge < -0.3 is 15.6 Å². The Morgan fingerprint density at radius 1 is 1.26 bits per heavy atom. The fourth-order valence-corrected chi connectivity index (χ4v) is 4.43. The fraction of sp³-hybridized carbons (Fsp3) is 0.304. The molecule has 31 heavy (non-hydrogen) atoms. The molecule has 1 aliphatic rings. The summed E-state index contributed by atoms with van der Waals surface area (Å²) >= 11 is 1.36. The number of hydrogen-bond acceptors (Lipinski definition) is 5. The van der Waals surface area contributed by atoms with E-state index in [0.717, 1.165) is 42.7 Å². The van der Waals surface area contributed by atoms with Crippen molar-refractivity contribution < 1.29 is 9.59 Å². The van der Waals surface area contributed by atoms with Crippen LogP contribution in [0.15, 0.2) is 54.1 Å². The average Bonchev–Trinajstić information content (AvgIpc) is 3.18. The Hall–Kier alpha value is -3.13. The van der Waals surface area contributed by atoms with E-state index in [1.165, 1.54) is 11.8 Å². The predicted octanol–water partition coefficient (Wildman–Crippen LogP) is 3.67. The van der Waals surface area contributed by atoms with Crippen molar-refractivity contribution in [3.05, 3.63) is 59.6 Å². The van der Waals surface area contributed by atoms with Crippen LogP contribution in [0.4, 0.5) is 0 Å². The Labute approximate surface area is 185 Å². The van der Waals surface area contributed by atoms with Gasteiger partial charge in [0.1, 0.15) is 5.69 Å². The average molecular weight is 436 g/mol. The van der Waals surface area contributed by atoms with Gasteiger partial charge in [0.05, 0.1) is 15.9 Å². The molecular weight excluding hydrogens is 410 g/mol. The number of nitrogens with zero attached hydrogens (tertiary/aromatic N) is 3. The summed E-state index contributed by atoms with van der Waals surface area (Å²) in [5, 5.41) is 3.12. The maximum absolute atomic E-state index is 12.3. The second kappa shape index (κ2) is 8.93. The molecule has 1 aliphatic carbocycles. The lowest BCUT2D eigenvalue weighted by molar-refractivity contribution is -0.117. The monoisotopic (exact) mass is 435 g/mol. The first-order valence-electron chi connectivity index (χ1n) is 10.2. The Morgan fingerprint density at radius 3 is 2.81 bits per heavy atom. The molecule has 3 N–H and O–H groups in total. The molecule has 3 aromatic rings. The van der Waals surface area contributed by atoms with Crippen molar-refractivity contribution in [2.45, 2.75) is 37.8 Å². The van der Waals surface area contributed by atoms with Crippen LogP contribution in [0.25, 0.3) is 22.6 Å². The zero-order chi connectivity index (χ0) is 22.0. The summed E-state index contributed by atoms with van der Waals surface area (Å²) in [4.78, 5) is 33.8. The Bertz CT molecular complexity index is 1140. The molecule has 8 heteroatoms. The zero-order valence-electron chi connectivity index (χ0n) is 17.4. The summed E-state index contributed by atoms with van der Waals surface area (Å²) in [5.74, 6) is 0.165. The second-order valence-corrected chi connectivity index (χ2v) is 8.61. The molecule has 0 spiro atoms. The van der Waals surface area contributed by atoms with Crippen LogP contribution in [-0.4, -0.2) is 38.6 Å². The van der Waals surface area contributed by atoms with E-state index in [4.69, 9.17) is 10.7 Å². The molecule has 2 atom stereocenters. The van der Waals surface area contributed by atoms with Crippen LogP contribution in [0, 0.1) is 0 Å². The molecule has 1 aromatic carbocycles. The Morgan fingerprint density at radius 2 is 2.10 bits per heavy atom. The Kier molecular flexibility index (Phi) is 6.08. The van der Waals surface area contributed by atoms with E-state index in [1.807, 2.05) is 30.5 Å². The molecule has 1 saturated carbocycles. The van der Waals surface area contributed by atoms with Gasteiger partial charge in [-0.25, -0.2) is 4.98 Å². The fourth-order valence-electron chi connectivity index (χ4n) is 4.19. The highest BCUT2D eigenvalue weighted by Gasteiger charge is 2.28. The highest BCUT2D eigenvalue weighted by Crippen LogP contribution is 2.36. The topological polar surface area (TPSA) is 103 Å². The number of thioether (sulfide) groups is 1. The number of amides is 2. The third-order valence-electron chi connectivity index (χ3n) is 5.71. The van der Waals surface area contributed by atoms with Crippen molar-refractivity contribution in [2.75, 3.05) is 6.26 Å². The van der Waals surface area contributed by atoms with Gasteiger partial charge in [-0.2, -0.15) is 0 Å². The molecule has 2 unspecified atom stereocenters. The lowest BCUT2D eigenvalue weighted by Gasteiger charge is -2.32. The van der Waals surface area contributed by atoms with E-state index in [9.17, 15) is 9.59 Å². The van der Waals surface area contributed by atoms with E-state index >= 15 is 0 Å². The number of carbonyl (C=O) groups is 2. The van der Waals surface area contributed by atoms with E-state index in [2.05, 4.69) is 21.4 Å². The number of nitrogens with two attached hydrogens (primary N) is 1. The predicted molar refractivity (Wildman–Crippen MR) is 124 cm³/mol. The molecule has 1 fully saturated rings. The van der Waals surface area contributed by atoms with Crippen LogP contribution in [0.3, 0.4) is 0 Å². The third kappa shape index (κ3) is 4.34. The molecule has 0 aliphatic heterocycles. The van der Waals surface area contributed by atoms with E-state index < -0.39 is 5.91 Å². The molecular formula is C23H25N5O2S. The zero-order valence-corrected chi connectivity index (χ0v) is 18.2. The molecule has 0 bridgehead atoms. The van der Waals surface area contributed by atoms with E-state index in [0.29, 0.717) is 16.0 Å². The summed E-state index contributed by atoms with van der Waals surface area (Å²) in [5.41, 5.74) is 8.29. The quantitative estimate of drug-likeness (QED) is 0.575. The SMILES string of the molecule is C=C(SC)C(=O)NC1CCCC(n2c(-c3ccccn3)nc3cc(C(N)=O)ccc32)C1. The molecule has 0 saturated heterocycles. The number of carbonyl (C=O) groups excluding carboxylic acids is 2. The molecule has 160 valence electrons. The number of rotatable bonds is 6. The van der Waals surface area contributed by atoms with Crippen LogP contribution in [0.1, 0.15) is 42.1 Å². The highest BCUT2D eigenvalue weighted by atomic mass is 32.2. The van der Waals surface area contributed by atoms with Gasteiger partial charge in [-0.05, 0) is 62.3 Å². The molecule has 2 aromatic heterocycles. The van der Waals surface area contributed by atoms with Gasteiger partial charge in [0.25, 0.3) is 5.91 Å². The minimum Gasteiger partial charge on any atom is -0.366 e. The summed E-state index contributed by atoms with van der Waals surface area (Å²) < 4.78 is 2.20. The first-order valence-corrected chi connectivity index (χ1v) is 11.5. The summed E-state index contributed by atoms with van der Waals surface area (Å²) in [7, 11) is 0. The van der Waals surface area contributed by atoms with Crippen molar-refractivity contribution in [1.29, 1.82) is 0 Å². The van der Waals surface area contributed by atoms with Crippen molar-refractivity contribution >= 4 is 34.6 Å². The molecule has 7 nitrogen and oxygen atoms in total. The Balaban J connectivity index is 1.73. The standard InChI is InChI=1S/C23H25N5O2S/c1-14(31-2)23(30)26-16-6-5-7-17(13-16)28-20-10-9-15(21(24)29)12-19(20)27-22(28)18-8-3-4-11-25-18/h3-4,8-12,16-17H,1,5-7,13H2,2H3,(H2,24,29)(H,26,30). The van der Waals surface area contributed by atoms with Gasteiger partial charge in [-0.15, -0.1) is 11.8 Å². The molecule has 4 rings (SSSR count). The van der Waals surface area contributed by atoms with E-state index in [1.54, 1.807) is 18.3 Å². The van der Waals surface area contributed by atoms with Crippen LogP contribution in [0.2, 0.25) is 0 Å². The molecule has 0 radical (unpaired) electrons. The number of benzene rings is 1. The van der Waals surface area contributed by atoms with Gasteiger partial charge >= 0.3 is 0 Å². The maximum Gasteiger partial charge on any atom is 0.257 e. The first kappa shape index (κ1) is 21.1. The number of fused-ring (bicyclic) bond motifs is 1. The lowest BCUT2D eigenvalue weighted by Crippen LogP contribution is -2.39. The van der Waals surface area contributed by atoms with Crippen LogP contribution in [0.5, 0.6) is 0 Å². The van der Waals surface area contributed by atoms with Crippen molar-refractivity contribution in [1.82, 2.24) is 19.9 Å². The van der Waals surface area contributed by atoms with Crippen molar-refractivity contribution in [3.8, 4) is 11.5 Å².